The number of H-pyrrole nitrogens is 1. The van der Waals surface area contributed by atoms with Gasteiger partial charge in [-0.15, -0.1) is 0 Å². The van der Waals surface area contributed by atoms with Crippen molar-refractivity contribution in [1.82, 2.24) is 9.97 Å². The molecule has 6 heteroatoms. The third-order valence-corrected chi connectivity index (χ3v) is 4.40. The molecule has 0 saturated carbocycles. The molecule has 2 N–H and O–H groups in total. The molecular formula is C16H15N3O2S. The number of aromatic amines is 1. The van der Waals surface area contributed by atoms with Gasteiger partial charge in [0.25, 0.3) is 0 Å². The summed E-state index contributed by atoms with van der Waals surface area (Å²) in [6.07, 6.45) is 3.28. The van der Waals surface area contributed by atoms with Gasteiger partial charge in [-0.2, -0.15) is 0 Å². The van der Waals surface area contributed by atoms with Crippen LogP contribution >= 0.6 is 0 Å². The molecule has 0 aliphatic heterocycles. The van der Waals surface area contributed by atoms with E-state index in [1.54, 1.807) is 42.9 Å². The summed E-state index contributed by atoms with van der Waals surface area (Å²) in [4.78, 5) is 6.96. The molecule has 0 radical (unpaired) electrons. The van der Waals surface area contributed by atoms with E-state index in [0.717, 1.165) is 16.8 Å². The number of nitrogens with zero attached hydrogens (tertiary/aromatic N) is 1. The molecular weight excluding hydrogens is 298 g/mol. The lowest BCUT2D eigenvalue weighted by Gasteiger charge is -2.09. The number of hydrogen-bond acceptors (Lipinski definition) is 3. The first-order valence-electron chi connectivity index (χ1n) is 6.76. The smallest absolute Gasteiger partial charge is 0.236 e. The monoisotopic (exact) mass is 313 g/mol. The van der Waals surface area contributed by atoms with Gasteiger partial charge in [0.2, 0.25) is 10.0 Å². The molecule has 3 aromatic rings. The molecule has 0 atom stereocenters. The number of imidazole rings is 1. The van der Waals surface area contributed by atoms with Crippen molar-refractivity contribution in [3.8, 4) is 11.3 Å². The Kier molecular flexibility index (Phi) is 3.93. The Hall–Kier alpha value is -2.60. The largest absolute Gasteiger partial charge is 0.345 e. The molecule has 3 rings (SSSR count). The van der Waals surface area contributed by atoms with Crippen LogP contribution in [-0.4, -0.2) is 18.4 Å². The third-order valence-electron chi connectivity index (χ3n) is 3.14. The molecule has 0 aliphatic carbocycles. The Morgan fingerprint density at radius 1 is 1.05 bits per heavy atom. The molecule has 0 fully saturated rings. The lowest BCUT2D eigenvalue weighted by Crippen LogP contribution is -2.15. The first-order chi connectivity index (χ1) is 10.6. The molecule has 2 aromatic carbocycles. The van der Waals surface area contributed by atoms with Crippen molar-refractivity contribution >= 4 is 15.7 Å². The second kappa shape index (κ2) is 6.03. The molecule has 0 amide bonds. The van der Waals surface area contributed by atoms with Crippen LogP contribution in [0.25, 0.3) is 11.3 Å². The minimum absolute atomic E-state index is 0.0534. The van der Waals surface area contributed by atoms with Gasteiger partial charge in [0, 0.05) is 11.3 Å². The Morgan fingerprint density at radius 2 is 1.86 bits per heavy atom. The second-order valence-corrected chi connectivity index (χ2v) is 6.62. The zero-order valence-electron chi connectivity index (χ0n) is 11.7. The fraction of sp³-hybridized carbons (Fsp3) is 0.0625. The van der Waals surface area contributed by atoms with Crippen LogP contribution in [0.3, 0.4) is 0 Å². The van der Waals surface area contributed by atoms with Gasteiger partial charge in [-0.05, 0) is 17.7 Å². The van der Waals surface area contributed by atoms with E-state index in [-0.39, 0.29) is 5.75 Å². The highest BCUT2D eigenvalue weighted by molar-refractivity contribution is 7.91. The summed E-state index contributed by atoms with van der Waals surface area (Å²) in [5.41, 5.74) is 2.99. The highest BCUT2D eigenvalue weighted by Crippen LogP contribution is 2.21. The first-order valence-corrected chi connectivity index (χ1v) is 8.41. The number of sulfonamides is 1. The SMILES string of the molecule is O=S(=O)(Cc1ccccc1)Nc1cccc(-c2cnc[nH]2)c1. The van der Waals surface area contributed by atoms with Crippen molar-refractivity contribution in [2.24, 2.45) is 0 Å². The summed E-state index contributed by atoms with van der Waals surface area (Å²) in [6.45, 7) is 0. The Balaban J connectivity index is 1.79. The van der Waals surface area contributed by atoms with E-state index in [1.165, 1.54) is 0 Å². The second-order valence-electron chi connectivity index (χ2n) is 4.89. The van der Waals surface area contributed by atoms with Gasteiger partial charge in [0.15, 0.2) is 0 Å². The van der Waals surface area contributed by atoms with Gasteiger partial charge >= 0.3 is 0 Å². The van der Waals surface area contributed by atoms with E-state index < -0.39 is 10.0 Å². The summed E-state index contributed by atoms with van der Waals surface area (Å²) in [5, 5.41) is 0. The summed E-state index contributed by atoms with van der Waals surface area (Å²) in [5.74, 6) is -0.0534. The molecule has 1 aromatic heterocycles. The Bertz CT molecular complexity index is 844. The lowest BCUT2D eigenvalue weighted by molar-refractivity contribution is 0.600. The van der Waals surface area contributed by atoms with E-state index in [4.69, 9.17) is 0 Å². The summed E-state index contributed by atoms with van der Waals surface area (Å²) >= 11 is 0. The maximum absolute atomic E-state index is 12.2. The number of aromatic nitrogens is 2. The zero-order chi connectivity index (χ0) is 15.4. The third kappa shape index (κ3) is 3.53. The fourth-order valence-corrected chi connectivity index (χ4v) is 3.36. The number of nitrogens with one attached hydrogen (secondary N) is 2. The molecule has 112 valence electrons. The maximum atomic E-state index is 12.2. The molecule has 22 heavy (non-hydrogen) atoms. The van der Waals surface area contributed by atoms with E-state index >= 15 is 0 Å². The van der Waals surface area contributed by atoms with Crippen molar-refractivity contribution < 1.29 is 8.42 Å². The van der Waals surface area contributed by atoms with Crippen molar-refractivity contribution in [2.75, 3.05) is 4.72 Å². The molecule has 0 aliphatic rings. The van der Waals surface area contributed by atoms with Crippen LogP contribution in [-0.2, 0) is 15.8 Å². The Labute approximate surface area is 129 Å². The van der Waals surface area contributed by atoms with Gasteiger partial charge in [-0.3, -0.25) is 4.72 Å². The van der Waals surface area contributed by atoms with E-state index in [0.29, 0.717) is 5.69 Å². The number of anilines is 1. The Morgan fingerprint density at radius 3 is 2.59 bits per heavy atom. The van der Waals surface area contributed by atoms with Gasteiger partial charge in [-0.25, -0.2) is 13.4 Å². The number of benzene rings is 2. The van der Waals surface area contributed by atoms with Crippen LogP contribution in [0, 0.1) is 0 Å². The van der Waals surface area contributed by atoms with Crippen molar-refractivity contribution in [2.45, 2.75) is 5.75 Å². The van der Waals surface area contributed by atoms with Crippen molar-refractivity contribution in [3.63, 3.8) is 0 Å². The van der Waals surface area contributed by atoms with Crippen LogP contribution in [0.4, 0.5) is 5.69 Å². The first kappa shape index (κ1) is 14.3. The summed E-state index contributed by atoms with van der Waals surface area (Å²) in [6, 6.07) is 16.3. The minimum Gasteiger partial charge on any atom is -0.345 e. The zero-order valence-corrected chi connectivity index (χ0v) is 12.5. The predicted molar refractivity (Wildman–Crippen MR) is 86.7 cm³/mol. The van der Waals surface area contributed by atoms with E-state index in [1.807, 2.05) is 24.3 Å². The molecule has 0 saturated heterocycles. The highest BCUT2D eigenvalue weighted by atomic mass is 32.2. The van der Waals surface area contributed by atoms with Crippen LogP contribution < -0.4 is 4.72 Å². The highest BCUT2D eigenvalue weighted by Gasteiger charge is 2.12. The van der Waals surface area contributed by atoms with Crippen molar-refractivity contribution in [3.05, 3.63) is 72.7 Å². The quantitative estimate of drug-likeness (QED) is 0.760. The number of hydrogen-bond donors (Lipinski definition) is 2. The molecule has 1 heterocycles. The summed E-state index contributed by atoms with van der Waals surface area (Å²) in [7, 11) is -3.45. The average molecular weight is 313 g/mol. The number of rotatable bonds is 5. The molecule has 0 spiro atoms. The molecule has 0 bridgehead atoms. The normalized spacial score (nSPS) is 11.3. The van der Waals surface area contributed by atoms with Gasteiger partial charge in [0.1, 0.15) is 0 Å². The van der Waals surface area contributed by atoms with Gasteiger partial charge in [0.05, 0.1) is 24.0 Å². The van der Waals surface area contributed by atoms with Crippen LogP contribution in [0.1, 0.15) is 5.56 Å². The minimum atomic E-state index is -3.45. The fourth-order valence-electron chi connectivity index (χ4n) is 2.17. The topological polar surface area (TPSA) is 74.8 Å². The lowest BCUT2D eigenvalue weighted by atomic mass is 10.1. The maximum Gasteiger partial charge on any atom is 0.236 e. The average Bonchev–Trinajstić information content (AvgIpc) is 3.02. The van der Waals surface area contributed by atoms with E-state index in [9.17, 15) is 8.42 Å². The van der Waals surface area contributed by atoms with Crippen molar-refractivity contribution in [1.29, 1.82) is 0 Å². The van der Waals surface area contributed by atoms with Crippen LogP contribution in [0.2, 0.25) is 0 Å². The van der Waals surface area contributed by atoms with Gasteiger partial charge in [-0.1, -0.05) is 42.5 Å². The molecule has 5 nitrogen and oxygen atoms in total. The van der Waals surface area contributed by atoms with Crippen LogP contribution in [0.5, 0.6) is 0 Å². The summed E-state index contributed by atoms with van der Waals surface area (Å²) < 4.78 is 27.1. The standard InChI is InChI=1S/C16H15N3O2S/c20-22(21,11-13-5-2-1-3-6-13)19-15-8-4-7-14(9-15)16-10-17-12-18-16/h1-10,12,19H,11H2,(H,17,18). The molecule has 0 unspecified atom stereocenters. The van der Waals surface area contributed by atoms with Crippen LogP contribution in [0.15, 0.2) is 67.1 Å². The van der Waals surface area contributed by atoms with Gasteiger partial charge < -0.3 is 4.98 Å². The van der Waals surface area contributed by atoms with E-state index in [2.05, 4.69) is 14.7 Å². The predicted octanol–water partition coefficient (Wildman–Crippen LogP) is 3.02.